The van der Waals surface area contributed by atoms with Crippen LogP contribution in [0, 0.1) is 0 Å². The summed E-state index contributed by atoms with van der Waals surface area (Å²) in [6.45, 7) is 1.54. The zero-order valence-electron chi connectivity index (χ0n) is 18.0. The van der Waals surface area contributed by atoms with Crippen LogP contribution in [-0.4, -0.2) is 66.4 Å². The molecule has 0 saturated carbocycles. The van der Waals surface area contributed by atoms with Crippen LogP contribution in [0.4, 0.5) is 16.6 Å². The van der Waals surface area contributed by atoms with E-state index in [2.05, 4.69) is 30.5 Å². The van der Waals surface area contributed by atoms with Gasteiger partial charge in [-0.3, -0.25) is 10.4 Å². The number of pyridine rings is 1. The number of nitrogens with zero attached hydrogens (tertiary/aromatic N) is 5. The van der Waals surface area contributed by atoms with Crippen LogP contribution in [0.3, 0.4) is 0 Å². The number of halogens is 1. The lowest BCUT2D eigenvalue weighted by Gasteiger charge is -2.21. The molecule has 0 spiro atoms. The highest BCUT2D eigenvalue weighted by molar-refractivity contribution is 7.93. The summed E-state index contributed by atoms with van der Waals surface area (Å²) in [5, 5.41) is 7.57. The highest BCUT2D eigenvalue weighted by Crippen LogP contribution is 2.26. The van der Waals surface area contributed by atoms with Gasteiger partial charge in [-0.2, -0.15) is 27.8 Å². The maximum Gasteiger partial charge on any atom is 0.344 e. The van der Waals surface area contributed by atoms with Crippen molar-refractivity contribution in [2.24, 2.45) is 0 Å². The van der Waals surface area contributed by atoms with Crippen LogP contribution >= 0.6 is 11.6 Å². The summed E-state index contributed by atoms with van der Waals surface area (Å²) < 4.78 is 42.2. The standard InChI is InChI=1S/C18H18ClN7O7S/c1-4-33-16(27)11-9-21-25-15(11)34(29,30)26(12-6-5-10(19)8-20-12)18(28)24-17-22-13(31-2)7-14(23-17)32-3/h5-9H,4H2,1-3H3,(H,21,25)(H,22,23,24,28). The Balaban J connectivity index is 2.08. The number of H-pyrrole nitrogens is 1. The van der Waals surface area contributed by atoms with Gasteiger partial charge in [-0.15, -0.1) is 0 Å². The second-order valence-electron chi connectivity index (χ2n) is 6.14. The first-order valence-electron chi connectivity index (χ1n) is 9.36. The van der Waals surface area contributed by atoms with Gasteiger partial charge in [0.05, 0.1) is 38.1 Å². The SMILES string of the molecule is CCOC(=O)c1cn[nH]c1S(=O)(=O)N(C(=O)Nc1nc(OC)cc(OC)n1)c1ccc(Cl)cn1. The summed E-state index contributed by atoms with van der Waals surface area (Å²) >= 11 is 5.85. The van der Waals surface area contributed by atoms with Crippen molar-refractivity contribution in [3.63, 3.8) is 0 Å². The molecule has 3 heterocycles. The van der Waals surface area contributed by atoms with Crippen LogP contribution in [0.2, 0.25) is 5.02 Å². The summed E-state index contributed by atoms with van der Waals surface area (Å²) in [5.41, 5.74) is -0.409. The predicted molar refractivity (Wildman–Crippen MR) is 118 cm³/mol. The average Bonchev–Trinajstić information content (AvgIpc) is 3.31. The molecule has 0 saturated heterocycles. The number of carbonyl (C=O) groups excluding carboxylic acids is 2. The molecule has 16 heteroatoms. The monoisotopic (exact) mass is 511 g/mol. The Morgan fingerprint density at radius 3 is 2.38 bits per heavy atom. The number of hydrogen-bond acceptors (Lipinski definition) is 11. The van der Waals surface area contributed by atoms with Crippen LogP contribution in [0.1, 0.15) is 17.3 Å². The molecule has 0 radical (unpaired) electrons. The minimum Gasteiger partial charge on any atom is -0.481 e. The molecule has 3 aromatic heterocycles. The minimum atomic E-state index is -4.79. The van der Waals surface area contributed by atoms with Crippen LogP contribution in [0.5, 0.6) is 11.8 Å². The number of rotatable bonds is 8. The second-order valence-corrected chi connectivity index (χ2v) is 8.30. The number of hydrogen-bond donors (Lipinski definition) is 2. The Hall–Kier alpha value is -3.98. The van der Waals surface area contributed by atoms with E-state index in [1.54, 1.807) is 6.92 Å². The number of esters is 1. The molecule has 0 aliphatic rings. The van der Waals surface area contributed by atoms with Gasteiger partial charge < -0.3 is 14.2 Å². The minimum absolute atomic E-state index is 0.0124. The Morgan fingerprint density at radius 1 is 1.15 bits per heavy atom. The molecular weight excluding hydrogens is 494 g/mol. The van der Waals surface area contributed by atoms with E-state index < -0.39 is 32.6 Å². The Morgan fingerprint density at radius 2 is 1.82 bits per heavy atom. The van der Waals surface area contributed by atoms with E-state index in [-0.39, 0.29) is 39.5 Å². The van der Waals surface area contributed by atoms with E-state index in [0.717, 1.165) is 12.4 Å². The highest BCUT2D eigenvalue weighted by atomic mass is 35.5. The van der Waals surface area contributed by atoms with Crippen molar-refractivity contribution in [2.45, 2.75) is 11.9 Å². The summed E-state index contributed by atoms with van der Waals surface area (Å²) in [6.07, 6.45) is 2.10. The molecule has 0 atom stereocenters. The lowest BCUT2D eigenvalue weighted by molar-refractivity contribution is 0.0521. The number of urea groups is 1. The van der Waals surface area contributed by atoms with Crippen molar-refractivity contribution in [1.82, 2.24) is 25.1 Å². The number of amides is 2. The Bertz CT molecular complexity index is 1280. The van der Waals surface area contributed by atoms with Gasteiger partial charge in [-0.1, -0.05) is 11.6 Å². The molecule has 0 aromatic carbocycles. The van der Waals surface area contributed by atoms with Crippen LogP contribution in [-0.2, 0) is 14.8 Å². The molecule has 2 amide bonds. The van der Waals surface area contributed by atoms with Gasteiger partial charge in [0.2, 0.25) is 17.7 Å². The number of sulfonamides is 1. The number of aromatic amines is 1. The summed E-state index contributed by atoms with van der Waals surface area (Å²) in [6, 6.07) is 2.62. The first kappa shape index (κ1) is 24.7. The number of anilines is 2. The molecule has 34 heavy (non-hydrogen) atoms. The highest BCUT2D eigenvalue weighted by Gasteiger charge is 2.37. The molecule has 0 fully saturated rings. The first-order valence-corrected chi connectivity index (χ1v) is 11.2. The second kappa shape index (κ2) is 10.3. The van der Waals surface area contributed by atoms with Crippen molar-refractivity contribution >= 4 is 45.4 Å². The zero-order valence-corrected chi connectivity index (χ0v) is 19.5. The van der Waals surface area contributed by atoms with E-state index in [1.807, 2.05) is 0 Å². The molecule has 0 bridgehead atoms. The third-order valence-corrected chi connectivity index (χ3v) is 5.90. The first-order chi connectivity index (χ1) is 16.2. The quantitative estimate of drug-likeness (QED) is 0.421. The van der Waals surface area contributed by atoms with E-state index in [4.69, 9.17) is 25.8 Å². The number of methoxy groups -OCH3 is 2. The molecule has 14 nitrogen and oxygen atoms in total. The molecular formula is C18H18ClN7O7S. The molecule has 0 aliphatic carbocycles. The molecule has 3 rings (SSSR count). The van der Waals surface area contributed by atoms with E-state index in [9.17, 15) is 18.0 Å². The van der Waals surface area contributed by atoms with Gasteiger partial charge in [-0.05, 0) is 19.1 Å². The van der Waals surface area contributed by atoms with Crippen molar-refractivity contribution in [2.75, 3.05) is 30.4 Å². The zero-order chi connectivity index (χ0) is 24.9. The molecule has 0 unspecified atom stereocenters. The van der Waals surface area contributed by atoms with Gasteiger partial charge >= 0.3 is 12.0 Å². The predicted octanol–water partition coefficient (Wildman–Crippen LogP) is 1.87. The smallest absolute Gasteiger partial charge is 0.344 e. The van der Waals surface area contributed by atoms with E-state index in [0.29, 0.717) is 0 Å². The Labute approximate surface area is 198 Å². The topological polar surface area (TPSA) is 179 Å². The largest absolute Gasteiger partial charge is 0.481 e. The molecule has 180 valence electrons. The van der Waals surface area contributed by atoms with Crippen molar-refractivity contribution in [3.8, 4) is 11.8 Å². The van der Waals surface area contributed by atoms with Gasteiger partial charge in [0.25, 0.3) is 10.0 Å². The van der Waals surface area contributed by atoms with Gasteiger partial charge in [-0.25, -0.2) is 14.6 Å². The Kier molecular flexibility index (Phi) is 7.47. The van der Waals surface area contributed by atoms with E-state index in [1.165, 1.54) is 32.4 Å². The average molecular weight is 512 g/mol. The maximum absolute atomic E-state index is 13.5. The number of aromatic nitrogens is 5. The van der Waals surface area contributed by atoms with Gasteiger partial charge in [0.1, 0.15) is 5.56 Å². The third-order valence-electron chi connectivity index (χ3n) is 4.02. The fourth-order valence-electron chi connectivity index (χ4n) is 2.56. The summed E-state index contributed by atoms with van der Waals surface area (Å²) in [4.78, 5) is 37.2. The molecule has 2 N–H and O–H groups in total. The number of carbonyl (C=O) groups is 2. The fourth-order valence-corrected chi connectivity index (χ4v) is 4.05. The number of nitrogens with one attached hydrogen (secondary N) is 2. The van der Waals surface area contributed by atoms with Gasteiger partial charge in [0.15, 0.2) is 10.8 Å². The fraction of sp³-hybridized carbons (Fsp3) is 0.222. The number of ether oxygens (including phenoxy) is 3. The van der Waals surface area contributed by atoms with Crippen molar-refractivity contribution in [3.05, 3.63) is 41.2 Å². The van der Waals surface area contributed by atoms with Crippen LogP contribution in [0.25, 0.3) is 0 Å². The van der Waals surface area contributed by atoms with Crippen molar-refractivity contribution in [1.29, 1.82) is 0 Å². The van der Waals surface area contributed by atoms with E-state index >= 15 is 0 Å². The molecule has 3 aromatic rings. The third kappa shape index (κ3) is 5.15. The summed E-state index contributed by atoms with van der Waals surface area (Å²) in [5.74, 6) is -1.55. The van der Waals surface area contributed by atoms with Gasteiger partial charge in [0, 0.05) is 6.20 Å². The normalized spacial score (nSPS) is 10.9. The van der Waals surface area contributed by atoms with Crippen LogP contribution < -0.4 is 19.1 Å². The van der Waals surface area contributed by atoms with Crippen molar-refractivity contribution < 1.29 is 32.2 Å². The summed E-state index contributed by atoms with van der Waals surface area (Å²) in [7, 11) is -2.13. The lowest BCUT2D eigenvalue weighted by atomic mass is 10.4. The van der Waals surface area contributed by atoms with Crippen LogP contribution in [0.15, 0.2) is 35.6 Å². The molecule has 0 aliphatic heterocycles. The lowest BCUT2D eigenvalue weighted by Crippen LogP contribution is -2.41. The maximum atomic E-state index is 13.5.